The monoisotopic (exact) mass is 334 g/mol. The van der Waals surface area contributed by atoms with E-state index in [9.17, 15) is 14.4 Å². The summed E-state index contributed by atoms with van der Waals surface area (Å²) in [5.41, 5.74) is -0.691. The van der Waals surface area contributed by atoms with Gasteiger partial charge in [0.1, 0.15) is 5.41 Å². The van der Waals surface area contributed by atoms with Crippen LogP contribution in [0.2, 0.25) is 0 Å². The first-order valence-corrected chi connectivity index (χ1v) is 8.11. The normalized spacial score (nSPS) is 10.8. The smallest absolute Gasteiger partial charge is 0.339 e. The van der Waals surface area contributed by atoms with Gasteiger partial charge in [-0.25, -0.2) is 4.79 Å². The second-order valence-electron chi connectivity index (χ2n) is 6.08. The van der Waals surface area contributed by atoms with Gasteiger partial charge >= 0.3 is 5.97 Å². The molecule has 0 aromatic heterocycles. The van der Waals surface area contributed by atoms with Crippen LogP contribution in [0.25, 0.3) is 0 Å². The number of anilines is 1. The molecule has 24 heavy (non-hydrogen) atoms. The number of hydrogen-bond donors (Lipinski definition) is 2. The number of carbonyl (C=O) groups is 3. The van der Waals surface area contributed by atoms with Crippen molar-refractivity contribution in [3.8, 4) is 0 Å². The Morgan fingerprint density at radius 3 is 2.38 bits per heavy atom. The minimum Gasteiger partial charge on any atom is -0.465 e. The summed E-state index contributed by atoms with van der Waals surface area (Å²) in [5, 5.41) is 5.43. The molecule has 0 saturated carbocycles. The molecule has 1 rings (SSSR count). The Hall–Kier alpha value is -2.37. The van der Waals surface area contributed by atoms with E-state index in [1.807, 2.05) is 0 Å². The van der Waals surface area contributed by atoms with Crippen molar-refractivity contribution in [2.45, 2.75) is 40.0 Å². The minimum atomic E-state index is -1.25. The maximum Gasteiger partial charge on any atom is 0.339 e. The van der Waals surface area contributed by atoms with Gasteiger partial charge in [0.2, 0.25) is 11.8 Å². The van der Waals surface area contributed by atoms with E-state index in [-0.39, 0.29) is 11.5 Å². The number of amides is 2. The number of hydrogen-bond acceptors (Lipinski definition) is 4. The number of ether oxygens (including phenoxy) is 1. The van der Waals surface area contributed by atoms with Crippen molar-refractivity contribution >= 4 is 23.5 Å². The molecule has 0 saturated heterocycles. The van der Waals surface area contributed by atoms with Gasteiger partial charge in [-0.2, -0.15) is 0 Å². The maximum atomic E-state index is 12.5. The number of para-hydroxylation sites is 1. The first kappa shape index (κ1) is 19.7. The third-order valence-electron chi connectivity index (χ3n) is 3.78. The van der Waals surface area contributed by atoms with Crippen LogP contribution in [0.5, 0.6) is 0 Å². The average Bonchev–Trinajstić information content (AvgIpc) is 2.58. The van der Waals surface area contributed by atoms with E-state index >= 15 is 0 Å². The van der Waals surface area contributed by atoms with Crippen molar-refractivity contribution in [2.75, 3.05) is 19.0 Å². The van der Waals surface area contributed by atoms with Crippen molar-refractivity contribution in [2.24, 2.45) is 5.41 Å². The van der Waals surface area contributed by atoms with Crippen LogP contribution in [-0.2, 0) is 14.3 Å². The van der Waals surface area contributed by atoms with Crippen LogP contribution in [0.3, 0.4) is 0 Å². The fraction of sp³-hybridized carbons (Fsp3) is 0.500. The molecule has 0 atom stereocenters. The van der Waals surface area contributed by atoms with Gasteiger partial charge in [0.25, 0.3) is 0 Å². The van der Waals surface area contributed by atoms with E-state index in [4.69, 9.17) is 4.74 Å². The standard InChI is InChI=1S/C18H26N2O4/c1-5-6-9-12-19-16(22)18(2,3)17(23)20-14-11-8-7-10-13(14)15(21)24-4/h7-8,10-11H,5-6,9,12H2,1-4H3,(H,19,22)(H,20,23). The summed E-state index contributed by atoms with van der Waals surface area (Å²) in [6, 6.07) is 6.52. The molecule has 0 aliphatic heterocycles. The summed E-state index contributed by atoms with van der Waals surface area (Å²) in [6.07, 6.45) is 2.97. The topological polar surface area (TPSA) is 84.5 Å². The lowest BCUT2D eigenvalue weighted by atomic mass is 9.90. The van der Waals surface area contributed by atoms with Crippen LogP contribution in [0, 0.1) is 5.41 Å². The predicted molar refractivity (Wildman–Crippen MR) is 92.7 cm³/mol. The highest BCUT2D eigenvalue weighted by Gasteiger charge is 2.36. The summed E-state index contributed by atoms with van der Waals surface area (Å²) < 4.78 is 4.70. The third kappa shape index (κ3) is 5.08. The highest BCUT2D eigenvalue weighted by molar-refractivity contribution is 6.11. The molecular weight excluding hydrogens is 308 g/mol. The average molecular weight is 334 g/mol. The number of methoxy groups -OCH3 is 1. The van der Waals surface area contributed by atoms with Crippen LogP contribution < -0.4 is 10.6 Å². The summed E-state index contributed by atoms with van der Waals surface area (Å²) in [7, 11) is 1.27. The van der Waals surface area contributed by atoms with Gasteiger partial charge in [-0.15, -0.1) is 0 Å². The first-order chi connectivity index (χ1) is 11.3. The van der Waals surface area contributed by atoms with E-state index in [0.29, 0.717) is 12.2 Å². The van der Waals surface area contributed by atoms with Crippen LogP contribution in [-0.4, -0.2) is 31.4 Å². The number of esters is 1. The lowest BCUT2D eigenvalue weighted by Crippen LogP contribution is -2.45. The molecule has 0 spiro atoms. The number of nitrogens with one attached hydrogen (secondary N) is 2. The van der Waals surface area contributed by atoms with Crippen molar-refractivity contribution in [1.82, 2.24) is 5.32 Å². The van der Waals surface area contributed by atoms with E-state index < -0.39 is 17.3 Å². The Morgan fingerprint density at radius 1 is 1.08 bits per heavy atom. The molecule has 1 aromatic rings. The molecule has 2 N–H and O–H groups in total. The molecular formula is C18H26N2O4. The van der Waals surface area contributed by atoms with E-state index in [0.717, 1.165) is 19.3 Å². The molecule has 6 heteroatoms. The van der Waals surface area contributed by atoms with E-state index in [1.165, 1.54) is 7.11 Å². The molecule has 6 nitrogen and oxygen atoms in total. The number of benzene rings is 1. The van der Waals surface area contributed by atoms with Gasteiger partial charge in [-0.3, -0.25) is 9.59 Å². The SMILES string of the molecule is CCCCCNC(=O)C(C)(C)C(=O)Nc1ccccc1C(=O)OC. The van der Waals surface area contributed by atoms with Gasteiger partial charge in [-0.1, -0.05) is 31.9 Å². The first-order valence-electron chi connectivity index (χ1n) is 8.11. The molecule has 0 fully saturated rings. The van der Waals surface area contributed by atoms with Crippen molar-refractivity contribution in [3.05, 3.63) is 29.8 Å². The number of rotatable bonds is 8. The fourth-order valence-corrected chi connectivity index (χ4v) is 2.06. The summed E-state index contributed by atoms with van der Waals surface area (Å²) in [4.78, 5) is 36.5. The molecule has 0 aliphatic carbocycles. The van der Waals surface area contributed by atoms with Crippen LogP contribution in [0.15, 0.2) is 24.3 Å². The van der Waals surface area contributed by atoms with Crippen molar-refractivity contribution in [1.29, 1.82) is 0 Å². The lowest BCUT2D eigenvalue weighted by Gasteiger charge is -2.23. The maximum absolute atomic E-state index is 12.5. The molecule has 2 amide bonds. The Balaban J connectivity index is 2.79. The fourth-order valence-electron chi connectivity index (χ4n) is 2.06. The number of carbonyl (C=O) groups excluding carboxylic acids is 3. The lowest BCUT2D eigenvalue weighted by molar-refractivity contribution is -0.138. The van der Waals surface area contributed by atoms with E-state index in [2.05, 4.69) is 17.6 Å². The number of unbranched alkanes of at least 4 members (excludes halogenated alkanes) is 2. The molecule has 0 unspecified atom stereocenters. The molecule has 0 aliphatic rings. The zero-order valence-electron chi connectivity index (χ0n) is 14.8. The Kier molecular flexibility index (Phi) is 7.42. The molecule has 1 aromatic carbocycles. The highest BCUT2D eigenvalue weighted by Crippen LogP contribution is 2.22. The quantitative estimate of drug-likeness (QED) is 0.435. The zero-order valence-corrected chi connectivity index (χ0v) is 14.8. The van der Waals surface area contributed by atoms with Crippen molar-refractivity contribution < 1.29 is 19.1 Å². The Morgan fingerprint density at radius 2 is 1.75 bits per heavy atom. The van der Waals surface area contributed by atoms with Crippen LogP contribution >= 0.6 is 0 Å². The van der Waals surface area contributed by atoms with Gasteiger partial charge in [0.05, 0.1) is 18.4 Å². The summed E-state index contributed by atoms with van der Waals surface area (Å²) in [5.74, 6) is -1.37. The minimum absolute atomic E-state index is 0.243. The second kappa shape index (κ2) is 9.05. The molecule has 132 valence electrons. The van der Waals surface area contributed by atoms with Gasteiger partial charge in [0, 0.05) is 6.54 Å². The van der Waals surface area contributed by atoms with Gasteiger partial charge < -0.3 is 15.4 Å². The Labute approximate surface area is 143 Å². The van der Waals surface area contributed by atoms with Crippen LogP contribution in [0.1, 0.15) is 50.4 Å². The van der Waals surface area contributed by atoms with Crippen LogP contribution in [0.4, 0.5) is 5.69 Å². The highest BCUT2D eigenvalue weighted by atomic mass is 16.5. The summed E-state index contributed by atoms with van der Waals surface area (Å²) in [6.45, 7) is 5.73. The molecule has 0 heterocycles. The predicted octanol–water partition coefficient (Wildman–Crippen LogP) is 2.74. The largest absolute Gasteiger partial charge is 0.465 e. The van der Waals surface area contributed by atoms with Crippen molar-refractivity contribution in [3.63, 3.8) is 0 Å². The second-order valence-corrected chi connectivity index (χ2v) is 6.08. The summed E-state index contributed by atoms with van der Waals surface area (Å²) >= 11 is 0. The zero-order chi connectivity index (χ0) is 18.2. The van der Waals surface area contributed by atoms with Gasteiger partial charge in [0.15, 0.2) is 0 Å². The Bertz CT molecular complexity index is 596. The molecule has 0 radical (unpaired) electrons. The van der Waals surface area contributed by atoms with E-state index in [1.54, 1.807) is 38.1 Å². The van der Waals surface area contributed by atoms with Gasteiger partial charge in [-0.05, 0) is 32.4 Å². The third-order valence-corrected chi connectivity index (χ3v) is 3.78. The molecule has 0 bridgehead atoms.